The van der Waals surface area contributed by atoms with Gasteiger partial charge >= 0.3 is 0 Å². The van der Waals surface area contributed by atoms with Gasteiger partial charge in [0.25, 0.3) is 0 Å². The highest BCUT2D eigenvalue weighted by Gasteiger charge is 2.28. The van der Waals surface area contributed by atoms with Crippen LogP contribution in [0.15, 0.2) is 18.3 Å². The van der Waals surface area contributed by atoms with Crippen LogP contribution in [0.25, 0.3) is 11.0 Å². The maximum Gasteiger partial charge on any atom is 0.219 e. The number of nitrogens with one attached hydrogen (secondary N) is 1. The first-order valence-corrected chi connectivity index (χ1v) is 9.73. The monoisotopic (exact) mass is 356 g/mol. The number of carbonyl (C=O) groups is 1. The maximum atomic E-state index is 11.9. The minimum absolute atomic E-state index is 0.157. The molecule has 2 aromatic rings. The van der Waals surface area contributed by atoms with Crippen LogP contribution in [0, 0.1) is 0 Å². The number of nitrogens with zero attached hydrogens (tertiary/aromatic N) is 3. The fraction of sp³-hybridized carbons (Fsp3) is 0.600. The third kappa shape index (κ3) is 3.48. The van der Waals surface area contributed by atoms with E-state index in [1.54, 1.807) is 6.92 Å². The van der Waals surface area contributed by atoms with Gasteiger partial charge in [-0.25, -0.2) is 0 Å². The predicted octanol–water partition coefficient (Wildman–Crippen LogP) is 2.25. The summed E-state index contributed by atoms with van der Waals surface area (Å²) in [6.07, 6.45) is 5.67. The Morgan fingerprint density at radius 3 is 2.96 bits per heavy atom. The molecule has 2 aromatic heterocycles. The van der Waals surface area contributed by atoms with Crippen molar-refractivity contribution in [2.45, 2.75) is 51.2 Å². The summed E-state index contributed by atoms with van der Waals surface area (Å²) in [7, 11) is 0. The van der Waals surface area contributed by atoms with Crippen LogP contribution in [0.1, 0.15) is 49.8 Å². The Bertz CT molecular complexity index is 787. The molecule has 1 amide bonds. The van der Waals surface area contributed by atoms with Crippen LogP contribution in [-0.2, 0) is 11.3 Å². The van der Waals surface area contributed by atoms with Gasteiger partial charge in [0.1, 0.15) is 0 Å². The second-order valence-corrected chi connectivity index (χ2v) is 7.75. The van der Waals surface area contributed by atoms with Gasteiger partial charge in [0, 0.05) is 56.5 Å². The number of carbonyl (C=O) groups excluding carboxylic acids is 1. The van der Waals surface area contributed by atoms with Crippen LogP contribution in [-0.4, -0.2) is 63.1 Å². The van der Waals surface area contributed by atoms with Crippen LogP contribution in [0.2, 0.25) is 0 Å². The average Bonchev–Trinajstić information content (AvgIpc) is 3.00. The number of likely N-dealkylation sites (tertiary alicyclic amines) is 2. The van der Waals surface area contributed by atoms with Gasteiger partial charge in [0.15, 0.2) is 0 Å². The summed E-state index contributed by atoms with van der Waals surface area (Å²) in [5, 5.41) is 10.0. The van der Waals surface area contributed by atoms with Crippen LogP contribution < -0.4 is 0 Å². The fourth-order valence-electron chi connectivity index (χ4n) is 4.50. The van der Waals surface area contributed by atoms with Crippen molar-refractivity contribution >= 4 is 16.9 Å². The van der Waals surface area contributed by atoms with Gasteiger partial charge in [-0.2, -0.15) is 0 Å². The number of rotatable bonds is 3. The van der Waals surface area contributed by atoms with Gasteiger partial charge in [0.05, 0.1) is 17.1 Å². The smallest absolute Gasteiger partial charge is 0.219 e. The summed E-state index contributed by atoms with van der Waals surface area (Å²) < 4.78 is 0. The van der Waals surface area contributed by atoms with E-state index in [-0.39, 0.29) is 12.0 Å². The molecule has 2 N–H and O–H groups in total. The second-order valence-electron chi connectivity index (χ2n) is 7.75. The number of pyridine rings is 1. The molecular formula is C20H28N4O2. The molecular weight excluding hydrogens is 328 g/mol. The lowest BCUT2D eigenvalue weighted by atomic mass is 9.92. The minimum atomic E-state index is -0.228. The molecule has 0 bridgehead atoms. The molecule has 6 heteroatoms. The topological polar surface area (TPSA) is 72.5 Å². The van der Waals surface area contributed by atoms with Gasteiger partial charge in [-0.3, -0.25) is 14.7 Å². The molecule has 0 unspecified atom stereocenters. The number of aromatic amines is 1. The maximum absolute atomic E-state index is 11.9. The highest BCUT2D eigenvalue weighted by Crippen LogP contribution is 2.33. The molecule has 2 aliphatic heterocycles. The summed E-state index contributed by atoms with van der Waals surface area (Å²) in [5.41, 5.74) is 4.56. The molecule has 0 radical (unpaired) electrons. The number of H-pyrrole nitrogens is 1. The van der Waals surface area contributed by atoms with E-state index in [0.29, 0.717) is 5.92 Å². The van der Waals surface area contributed by atoms with Crippen molar-refractivity contribution in [1.29, 1.82) is 0 Å². The fourth-order valence-corrected chi connectivity index (χ4v) is 4.50. The average molecular weight is 356 g/mol. The first-order valence-electron chi connectivity index (χ1n) is 9.73. The second kappa shape index (κ2) is 7.37. The molecule has 26 heavy (non-hydrogen) atoms. The Morgan fingerprint density at radius 1 is 1.31 bits per heavy atom. The number of aromatic nitrogens is 2. The van der Waals surface area contributed by atoms with Gasteiger partial charge in [0.2, 0.25) is 5.91 Å². The van der Waals surface area contributed by atoms with Crippen molar-refractivity contribution in [3.63, 3.8) is 0 Å². The Balaban J connectivity index is 1.66. The molecule has 4 heterocycles. The number of amides is 1. The summed E-state index contributed by atoms with van der Waals surface area (Å²) in [4.78, 5) is 24.4. The first-order chi connectivity index (χ1) is 12.6. The van der Waals surface area contributed by atoms with Crippen LogP contribution in [0.3, 0.4) is 0 Å². The summed E-state index contributed by atoms with van der Waals surface area (Å²) in [6.45, 7) is 5.84. The highest BCUT2D eigenvalue weighted by molar-refractivity contribution is 5.80. The van der Waals surface area contributed by atoms with Crippen molar-refractivity contribution in [1.82, 2.24) is 19.8 Å². The highest BCUT2D eigenvalue weighted by atomic mass is 16.3. The van der Waals surface area contributed by atoms with Crippen molar-refractivity contribution in [3.8, 4) is 0 Å². The van der Waals surface area contributed by atoms with E-state index >= 15 is 0 Å². The lowest BCUT2D eigenvalue weighted by molar-refractivity contribution is -0.130. The minimum Gasteiger partial charge on any atom is -0.392 e. The molecule has 0 aliphatic carbocycles. The standard InChI is InChI=1S/C20H28N4O2/c1-14(25)24-10-3-5-15(11-24)19-17(13-23-9-4-6-16(26)12-23)20-18(22-19)7-2-8-21-20/h2,7-8,15-16,22,26H,3-6,9-13H2,1H3/t15-,16+/m0/s1. The molecule has 0 saturated carbocycles. The van der Waals surface area contributed by atoms with Crippen molar-refractivity contribution in [3.05, 3.63) is 29.6 Å². The predicted molar refractivity (Wildman–Crippen MR) is 101 cm³/mol. The number of aliphatic hydroxyl groups excluding tert-OH is 1. The quantitative estimate of drug-likeness (QED) is 0.885. The van der Waals surface area contributed by atoms with E-state index < -0.39 is 0 Å². The SMILES string of the molecule is CC(=O)N1CCC[C@H](c2[nH]c3cccnc3c2CN2CCC[C@@H](O)C2)C1. The Kier molecular flexibility index (Phi) is 4.96. The lowest BCUT2D eigenvalue weighted by Gasteiger charge is -2.33. The van der Waals surface area contributed by atoms with E-state index in [1.807, 2.05) is 17.2 Å². The number of hydrogen-bond acceptors (Lipinski definition) is 4. The van der Waals surface area contributed by atoms with Gasteiger partial charge in [-0.1, -0.05) is 0 Å². The molecule has 6 nitrogen and oxygen atoms in total. The molecule has 0 spiro atoms. The number of hydrogen-bond donors (Lipinski definition) is 2. The molecule has 0 aromatic carbocycles. The first kappa shape index (κ1) is 17.5. The Labute approximate surface area is 154 Å². The van der Waals surface area contributed by atoms with Crippen molar-refractivity contribution in [2.75, 3.05) is 26.2 Å². The number of β-amino-alcohol motifs (C(OH)–C–C–N with tert-alkyl or cyclic N) is 1. The van der Waals surface area contributed by atoms with Gasteiger partial charge in [-0.15, -0.1) is 0 Å². The zero-order chi connectivity index (χ0) is 18.1. The normalized spacial score (nSPS) is 24.9. The van der Waals surface area contributed by atoms with Crippen molar-refractivity contribution in [2.24, 2.45) is 0 Å². The summed E-state index contributed by atoms with van der Waals surface area (Å²) in [6, 6.07) is 4.03. The van der Waals surface area contributed by atoms with E-state index in [9.17, 15) is 9.90 Å². The Morgan fingerprint density at radius 2 is 2.15 bits per heavy atom. The largest absolute Gasteiger partial charge is 0.392 e. The number of aliphatic hydroxyl groups is 1. The van der Waals surface area contributed by atoms with Gasteiger partial charge in [-0.05, 0) is 44.4 Å². The zero-order valence-electron chi connectivity index (χ0n) is 15.4. The Hall–Kier alpha value is -1.92. The number of fused-ring (bicyclic) bond motifs is 1. The molecule has 2 atom stereocenters. The molecule has 4 rings (SSSR count). The van der Waals surface area contributed by atoms with Crippen LogP contribution in [0.4, 0.5) is 0 Å². The zero-order valence-corrected chi connectivity index (χ0v) is 15.4. The third-order valence-electron chi connectivity index (χ3n) is 5.83. The van der Waals surface area contributed by atoms with Gasteiger partial charge < -0.3 is 15.0 Å². The van der Waals surface area contributed by atoms with Crippen molar-refractivity contribution < 1.29 is 9.90 Å². The molecule has 2 aliphatic rings. The lowest BCUT2D eigenvalue weighted by Crippen LogP contribution is -2.39. The van der Waals surface area contributed by atoms with E-state index in [4.69, 9.17) is 0 Å². The molecule has 140 valence electrons. The molecule has 2 saturated heterocycles. The summed E-state index contributed by atoms with van der Waals surface area (Å²) >= 11 is 0. The molecule has 2 fully saturated rings. The van der Waals surface area contributed by atoms with E-state index in [0.717, 1.165) is 69.4 Å². The summed E-state index contributed by atoms with van der Waals surface area (Å²) in [5.74, 6) is 0.483. The number of piperidine rings is 2. The van der Waals surface area contributed by atoms with Crippen LogP contribution in [0.5, 0.6) is 0 Å². The van der Waals surface area contributed by atoms with E-state index in [2.05, 4.69) is 20.9 Å². The van der Waals surface area contributed by atoms with E-state index in [1.165, 1.54) is 11.3 Å². The van der Waals surface area contributed by atoms with Crippen LogP contribution >= 0.6 is 0 Å². The third-order valence-corrected chi connectivity index (χ3v) is 5.83.